The van der Waals surface area contributed by atoms with E-state index in [-0.39, 0.29) is 16.9 Å². The number of carbonyl (C=O) groups is 1. The van der Waals surface area contributed by atoms with Gasteiger partial charge in [-0.2, -0.15) is 33.3 Å². The predicted octanol–water partition coefficient (Wildman–Crippen LogP) is 3.21. The molecular weight excluding hydrogens is 467 g/mol. The molecule has 3 rings (SSSR count). The Kier molecular flexibility index (Phi) is 7.20. The molecule has 1 N–H and O–H groups in total. The van der Waals surface area contributed by atoms with Crippen LogP contribution in [-0.4, -0.2) is 36.1 Å². The standard InChI is InChI=1S/C23H18F3N5O4/c1-13-17(11-27)22(33)31(16-6-4-5-15(10-16)23(24,25)26)30-20(13)21(32)29-28-12-14-7-8-18(34-2)19(9-14)35-3/h4-10,12H,1-3H3,(H,29,32)/b28-12+. The summed E-state index contributed by atoms with van der Waals surface area (Å²) in [6.07, 6.45) is -3.36. The number of hydrazone groups is 1. The Labute approximate surface area is 197 Å². The Bertz CT molecular complexity index is 1410. The summed E-state index contributed by atoms with van der Waals surface area (Å²) in [6.45, 7) is 1.33. The Morgan fingerprint density at radius 3 is 2.51 bits per heavy atom. The highest BCUT2D eigenvalue weighted by Gasteiger charge is 2.31. The van der Waals surface area contributed by atoms with Gasteiger partial charge >= 0.3 is 6.18 Å². The van der Waals surface area contributed by atoms with Crippen LogP contribution in [0.5, 0.6) is 11.5 Å². The molecule has 1 heterocycles. The van der Waals surface area contributed by atoms with E-state index in [0.717, 1.165) is 12.1 Å². The Morgan fingerprint density at radius 2 is 1.89 bits per heavy atom. The molecule has 1 amide bonds. The molecule has 35 heavy (non-hydrogen) atoms. The molecular formula is C23H18F3N5O4. The first kappa shape index (κ1) is 25.0. The first-order valence-corrected chi connectivity index (χ1v) is 9.87. The van der Waals surface area contributed by atoms with Crippen molar-refractivity contribution < 1.29 is 27.4 Å². The summed E-state index contributed by atoms with van der Waals surface area (Å²) in [6, 6.07) is 10.4. The van der Waals surface area contributed by atoms with Gasteiger partial charge in [0.25, 0.3) is 11.5 Å². The molecule has 12 heteroatoms. The maximum Gasteiger partial charge on any atom is 0.416 e. The van der Waals surface area contributed by atoms with Crippen LogP contribution in [0.15, 0.2) is 52.4 Å². The zero-order valence-corrected chi connectivity index (χ0v) is 18.7. The van der Waals surface area contributed by atoms with Crippen LogP contribution in [0, 0.1) is 18.3 Å². The number of aromatic nitrogens is 2. The second-order valence-corrected chi connectivity index (χ2v) is 7.04. The third-order valence-corrected chi connectivity index (χ3v) is 4.87. The van der Waals surface area contributed by atoms with E-state index >= 15 is 0 Å². The number of nitrogens with zero attached hydrogens (tertiary/aromatic N) is 4. The normalized spacial score (nSPS) is 11.2. The van der Waals surface area contributed by atoms with Crippen molar-refractivity contribution in [2.75, 3.05) is 14.2 Å². The molecule has 0 unspecified atom stereocenters. The highest BCUT2D eigenvalue weighted by atomic mass is 19.4. The van der Waals surface area contributed by atoms with Crippen molar-refractivity contribution in [2.24, 2.45) is 5.10 Å². The Balaban J connectivity index is 1.97. The number of nitriles is 1. The molecule has 0 spiro atoms. The third kappa shape index (κ3) is 5.30. The van der Waals surface area contributed by atoms with Crippen molar-refractivity contribution in [3.8, 4) is 23.3 Å². The van der Waals surface area contributed by atoms with Crippen LogP contribution < -0.4 is 20.5 Å². The van der Waals surface area contributed by atoms with Crippen molar-refractivity contribution in [1.82, 2.24) is 15.2 Å². The molecule has 0 fully saturated rings. The first-order chi connectivity index (χ1) is 16.6. The van der Waals surface area contributed by atoms with E-state index < -0.39 is 28.8 Å². The molecule has 9 nitrogen and oxygen atoms in total. The maximum atomic E-state index is 13.1. The van der Waals surface area contributed by atoms with Gasteiger partial charge < -0.3 is 9.47 Å². The highest BCUT2D eigenvalue weighted by Crippen LogP contribution is 2.30. The molecule has 0 bridgehead atoms. The largest absolute Gasteiger partial charge is 0.493 e. The average Bonchev–Trinajstić information content (AvgIpc) is 2.83. The monoisotopic (exact) mass is 485 g/mol. The van der Waals surface area contributed by atoms with Gasteiger partial charge in [0.15, 0.2) is 17.2 Å². The predicted molar refractivity (Wildman–Crippen MR) is 119 cm³/mol. The molecule has 2 aromatic carbocycles. The number of carbonyl (C=O) groups excluding carboxylic acids is 1. The second kappa shape index (κ2) is 10.1. The number of alkyl halides is 3. The number of hydrogen-bond donors (Lipinski definition) is 1. The number of halogens is 3. The van der Waals surface area contributed by atoms with Crippen LogP contribution in [0.1, 0.15) is 32.7 Å². The Hall–Kier alpha value is -4.66. The number of methoxy groups -OCH3 is 2. The zero-order valence-electron chi connectivity index (χ0n) is 18.7. The van der Waals surface area contributed by atoms with Gasteiger partial charge in [0.2, 0.25) is 0 Å². The molecule has 0 saturated heterocycles. The summed E-state index contributed by atoms with van der Waals surface area (Å²) in [5, 5.41) is 17.2. The number of hydrogen-bond acceptors (Lipinski definition) is 7. The highest BCUT2D eigenvalue weighted by molar-refractivity contribution is 5.94. The number of amides is 1. The van der Waals surface area contributed by atoms with Crippen molar-refractivity contribution in [3.63, 3.8) is 0 Å². The average molecular weight is 485 g/mol. The van der Waals surface area contributed by atoms with Gasteiger partial charge in [0.1, 0.15) is 11.6 Å². The van der Waals surface area contributed by atoms with Crippen LogP contribution in [-0.2, 0) is 6.18 Å². The van der Waals surface area contributed by atoms with Crippen LogP contribution >= 0.6 is 0 Å². The van der Waals surface area contributed by atoms with Gasteiger partial charge in [-0.25, -0.2) is 5.43 Å². The molecule has 0 saturated carbocycles. The topological polar surface area (TPSA) is 119 Å². The second-order valence-electron chi connectivity index (χ2n) is 7.04. The van der Waals surface area contributed by atoms with E-state index in [0.29, 0.717) is 27.8 Å². The van der Waals surface area contributed by atoms with Crippen LogP contribution in [0.3, 0.4) is 0 Å². The summed E-state index contributed by atoms with van der Waals surface area (Å²) in [5.74, 6) is 0.0537. The smallest absolute Gasteiger partial charge is 0.416 e. The van der Waals surface area contributed by atoms with Crippen molar-refractivity contribution >= 4 is 12.1 Å². The van der Waals surface area contributed by atoms with Crippen LogP contribution in [0.25, 0.3) is 5.69 Å². The van der Waals surface area contributed by atoms with Gasteiger partial charge in [0, 0.05) is 5.56 Å². The summed E-state index contributed by atoms with van der Waals surface area (Å²) in [7, 11) is 2.94. The van der Waals surface area contributed by atoms with Crippen LogP contribution in [0.4, 0.5) is 13.2 Å². The Morgan fingerprint density at radius 1 is 1.17 bits per heavy atom. The molecule has 0 aliphatic carbocycles. The molecule has 0 aliphatic heterocycles. The summed E-state index contributed by atoms with van der Waals surface area (Å²) in [4.78, 5) is 25.4. The van der Waals surface area contributed by atoms with Gasteiger partial charge in [0.05, 0.1) is 31.7 Å². The first-order valence-electron chi connectivity index (χ1n) is 9.87. The SMILES string of the molecule is COc1ccc(/C=N/NC(=O)c2nn(-c3cccc(C(F)(F)F)c3)c(=O)c(C#N)c2C)cc1OC. The van der Waals surface area contributed by atoms with Crippen molar-refractivity contribution in [2.45, 2.75) is 13.1 Å². The minimum absolute atomic E-state index is 0.0421. The molecule has 0 aliphatic rings. The fraction of sp³-hybridized carbons (Fsp3) is 0.174. The van der Waals surface area contributed by atoms with Gasteiger partial charge in [-0.15, -0.1) is 0 Å². The van der Waals surface area contributed by atoms with Gasteiger partial charge in [-0.05, 0) is 48.9 Å². The van der Waals surface area contributed by atoms with Crippen molar-refractivity contribution in [3.05, 3.63) is 80.8 Å². The molecule has 3 aromatic rings. The molecule has 180 valence electrons. The third-order valence-electron chi connectivity index (χ3n) is 4.87. The molecule has 1 aromatic heterocycles. The summed E-state index contributed by atoms with van der Waals surface area (Å²) >= 11 is 0. The lowest BCUT2D eigenvalue weighted by Gasteiger charge is -2.12. The van der Waals surface area contributed by atoms with Crippen molar-refractivity contribution in [1.29, 1.82) is 5.26 Å². The van der Waals surface area contributed by atoms with E-state index in [1.54, 1.807) is 24.3 Å². The van der Waals surface area contributed by atoms with E-state index in [9.17, 15) is 28.0 Å². The fourth-order valence-corrected chi connectivity index (χ4v) is 3.09. The van der Waals surface area contributed by atoms with Crippen LogP contribution in [0.2, 0.25) is 0 Å². The maximum absolute atomic E-state index is 13.1. The minimum Gasteiger partial charge on any atom is -0.493 e. The lowest BCUT2D eigenvalue weighted by atomic mass is 10.1. The zero-order chi connectivity index (χ0) is 25.8. The summed E-state index contributed by atoms with van der Waals surface area (Å²) in [5.41, 5.74) is -0.297. The van der Waals surface area contributed by atoms with Gasteiger partial charge in [-0.3, -0.25) is 9.59 Å². The quantitative estimate of drug-likeness (QED) is 0.423. The number of benzene rings is 2. The number of ether oxygens (including phenoxy) is 2. The lowest BCUT2D eigenvalue weighted by molar-refractivity contribution is -0.137. The number of nitrogens with one attached hydrogen (secondary N) is 1. The van der Waals surface area contributed by atoms with E-state index in [1.165, 1.54) is 33.4 Å². The van der Waals surface area contributed by atoms with E-state index in [1.807, 2.05) is 0 Å². The minimum atomic E-state index is -4.67. The summed E-state index contributed by atoms with van der Waals surface area (Å²) < 4.78 is 50.3. The van der Waals surface area contributed by atoms with Gasteiger partial charge in [-0.1, -0.05) is 6.07 Å². The van der Waals surface area contributed by atoms with E-state index in [4.69, 9.17) is 9.47 Å². The lowest BCUT2D eigenvalue weighted by Crippen LogP contribution is -2.31. The fourth-order valence-electron chi connectivity index (χ4n) is 3.09. The molecule has 0 radical (unpaired) electrons. The molecule has 0 atom stereocenters. The number of rotatable bonds is 6. The van der Waals surface area contributed by atoms with E-state index in [2.05, 4.69) is 15.6 Å².